The molecule has 0 aliphatic heterocycles. The van der Waals surface area contributed by atoms with Gasteiger partial charge in [-0.15, -0.1) is 0 Å². The Balaban J connectivity index is 2.06. The van der Waals surface area contributed by atoms with Crippen LogP contribution in [-0.4, -0.2) is 26.3 Å². The number of rotatable bonds is 5. The van der Waals surface area contributed by atoms with Crippen LogP contribution in [0.15, 0.2) is 29.0 Å². The molecule has 1 atom stereocenters. The zero-order valence-electron chi connectivity index (χ0n) is 9.71. The molecular weight excluding hydrogens is 218 g/mol. The van der Waals surface area contributed by atoms with Crippen molar-refractivity contribution in [2.75, 3.05) is 0 Å². The Kier molecular flexibility index (Phi) is 3.82. The van der Waals surface area contributed by atoms with Crippen LogP contribution < -0.4 is 0 Å². The molecular formula is C12H15N3O2. The van der Waals surface area contributed by atoms with Gasteiger partial charge in [-0.25, -0.2) is 0 Å². The Morgan fingerprint density at radius 1 is 1.47 bits per heavy atom. The fourth-order valence-corrected chi connectivity index (χ4v) is 1.59. The summed E-state index contributed by atoms with van der Waals surface area (Å²) in [5, 5.41) is 13.5. The van der Waals surface area contributed by atoms with Gasteiger partial charge in [0, 0.05) is 18.0 Å². The van der Waals surface area contributed by atoms with E-state index in [1.54, 1.807) is 12.4 Å². The van der Waals surface area contributed by atoms with Crippen molar-refractivity contribution in [3.05, 3.63) is 30.4 Å². The van der Waals surface area contributed by atoms with Crippen LogP contribution in [0.4, 0.5) is 0 Å². The highest BCUT2D eigenvalue weighted by Gasteiger charge is 2.12. The predicted molar refractivity (Wildman–Crippen MR) is 62.1 cm³/mol. The molecule has 0 aliphatic rings. The highest BCUT2D eigenvalue weighted by molar-refractivity contribution is 5.51. The van der Waals surface area contributed by atoms with E-state index in [0.29, 0.717) is 18.1 Å². The van der Waals surface area contributed by atoms with Gasteiger partial charge in [-0.1, -0.05) is 18.5 Å². The van der Waals surface area contributed by atoms with Crippen LogP contribution in [0.2, 0.25) is 0 Å². The number of aromatic nitrogens is 3. The molecule has 17 heavy (non-hydrogen) atoms. The van der Waals surface area contributed by atoms with E-state index >= 15 is 0 Å². The third-order valence-electron chi connectivity index (χ3n) is 2.42. The lowest BCUT2D eigenvalue weighted by Crippen LogP contribution is -2.09. The first-order chi connectivity index (χ1) is 8.29. The summed E-state index contributed by atoms with van der Waals surface area (Å²) in [6.07, 6.45) is 5.03. The van der Waals surface area contributed by atoms with Crippen LogP contribution in [0.25, 0.3) is 11.4 Å². The van der Waals surface area contributed by atoms with E-state index in [-0.39, 0.29) is 0 Å². The molecule has 90 valence electrons. The molecule has 0 aromatic carbocycles. The van der Waals surface area contributed by atoms with E-state index in [1.807, 2.05) is 19.1 Å². The Morgan fingerprint density at radius 2 is 2.35 bits per heavy atom. The van der Waals surface area contributed by atoms with Gasteiger partial charge in [0.1, 0.15) is 0 Å². The van der Waals surface area contributed by atoms with Gasteiger partial charge in [0.2, 0.25) is 11.7 Å². The number of aliphatic hydroxyl groups excluding tert-OH is 1. The minimum absolute atomic E-state index is 0.404. The van der Waals surface area contributed by atoms with Crippen molar-refractivity contribution < 1.29 is 9.63 Å². The molecule has 0 fully saturated rings. The first-order valence-electron chi connectivity index (χ1n) is 5.70. The summed E-state index contributed by atoms with van der Waals surface area (Å²) in [5.74, 6) is 0.974. The summed E-state index contributed by atoms with van der Waals surface area (Å²) in [7, 11) is 0. The molecule has 5 heteroatoms. The maximum Gasteiger partial charge on any atom is 0.229 e. The maximum absolute atomic E-state index is 9.64. The summed E-state index contributed by atoms with van der Waals surface area (Å²) in [6, 6.07) is 3.68. The smallest absolute Gasteiger partial charge is 0.229 e. The van der Waals surface area contributed by atoms with Crippen molar-refractivity contribution in [3.63, 3.8) is 0 Å². The van der Waals surface area contributed by atoms with Gasteiger partial charge >= 0.3 is 0 Å². The van der Waals surface area contributed by atoms with E-state index in [0.717, 1.165) is 18.4 Å². The first kappa shape index (κ1) is 11.7. The molecule has 0 radical (unpaired) electrons. The van der Waals surface area contributed by atoms with Crippen LogP contribution in [0.1, 0.15) is 25.7 Å². The molecule has 1 N–H and O–H groups in total. The monoisotopic (exact) mass is 233 g/mol. The number of pyridine rings is 1. The highest BCUT2D eigenvalue weighted by Crippen LogP contribution is 2.14. The molecule has 0 aliphatic carbocycles. The van der Waals surface area contributed by atoms with Crippen LogP contribution in [0.5, 0.6) is 0 Å². The summed E-state index contributed by atoms with van der Waals surface area (Å²) < 4.78 is 5.09. The fourth-order valence-electron chi connectivity index (χ4n) is 1.59. The molecule has 5 nitrogen and oxygen atoms in total. The van der Waals surface area contributed by atoms with Crippen molar-refractivity contribution in [3.8, 4) is 11.4 Å². The van der Waals surface area contributed by atoms with Gasteiger partial charge in [-0.05, 0) is 18.6 Å². The van der Waals surface area contributed by atoms with Crippen molar-refractivity contribution >= 4 is 0 Å². The van der Waals surface area contributed by atoms with Gasteiger partial charge in [-0.2, -0.15) is 4.98 Å². The summed E-state index contributed by atoms with van der Waals surface area (Å²) >= 11 is 0. The second kappa shape index (κ2) is 5.54. The standard InChI is InChI=1S/C12H15N3O2/c1-2-4-10(16)7-11-14-12(15-17-11)9-5-3-6-13-8-9/h3,5-6,8,10,16H,2,4,7H2,1H3. The molecule has 0 spiro atoms. The molecule has 2 aromatic rings. The Bertz CT molecular complexity index is 456. The number of hydrogen-bond acceptors (Lipinski definition) is 5. The topological polar surface area (TPSA) is 72.0 Å². The highest BCUT2D eigenvalue weighted by atomic mass is 16.5. The second-order valence-electron chi connectivity index (χ2n) is 3.90. The molecule has 2 rings (SSSR count). The Hall–Kier alpha value is -1.75. The minimum Gasteiger partial charge on any atom is -0.393 e. The lowest BCUT2D eigenvalue weighted by molar-refractivity contribution is 0.152. The minimum atomic E-state index is -0.415. The maximum atomic E-state index is 9.64. The number of aliphatic hydroxyl groups is 1. The average Bonchev–Trinajstić information content (AvgIpc) is 2.79. The first-order valence-corrected chi connectivity index (χ1v) is 5.70. The SMILES string of the molecule is CCCC(O)Cc1nc(-c2cccnc2)no1. The summed E-state index contributed by atoms with van der Waals surface area (Å²) in [6.45, 7) is 2.03. The molecule has 0 saturated heterocycles. The van der Waals surface area contributed by atoms with Crippen LogP contribution in [-0.2, 0) is 6.42 Å². The third kappa shape index (κ3) is 3.10. The van der Waals surface area contributed by atoms with Gasteiger partial charge in [0.25, 0.3) is 0 Å². The second-order valence-corrected chi connectivity index (χ2v) is 3.90. The lowest BCUT2D eigenvalue weighted by atomic mass is 10.1. The molecule has 1 unspecified atom stereocenters. The van der Waals surface area contributed by atoms with Crippen molar-refractivity contribution in [1.29, 1.82) is 0 Å². The molecule has 0 amide bonds. The molecule has 2 aromatic heterocycles. The Labute approximate surface area is 99.5 Å². The molecule has 2 heterocycles. The van der Waals surface area contributed by atoms with Crippen LogP contribution in [0, 0.1) is 0 Å². The molecule has 0 saturated carbocycles. The van der Waals surface area contributed by atoms with Crippen LogP contribution in [0.3, 0.4) is 0 Å². The zero-order valence-corrected chi connectivity index (χ0v) is 9.71. The molecule has 0 bridgehead atoms. The predicted octanol–water partition coefficient (Wildman–Crippen LogP) is 1.84. The van der Waals surface area contributed by atoms with Crippen LogP contribution >= 0.6 is 0 Å². The number of nitrogens with zero attached hydrogens (tertiary/aromatic N) is 3. The van der Waals surface area contributed by atoms with Gasteiger partial charge < -0.3 is 9.63 Å². The van der Waals surface area contributed by atoms with E-state index in [1.165, 1.54) is 0 Å². The van der Waals surface area contributed by atoms with E-state index in [2.05, 4.69) is 15.1 Å². The van der Waals surface area contributed by atoms with Crippen molar-refractivity contribution in [2.45, 2.75) is 32.3 Å². The zero-order chi connectivity index (χ0) is 12.1. The largest absolute Gasteiger partial charge is 0.393 e. The third-order valence-corrected chi connectivity index (χ3v) is 2.42. The fraction of sp³-hybridized carbons (Fsp3) is 0.417. The average molecular weight is 233 g/mol. The van der Waals surface area contributed by atoms with E-state index in [4.69, 9.17) is 4.52 Å². The number of hydrogen-bond donors (Lipinski definition) is 1. The van der Waals surface area contributed by atoms with Gasteiger partial charge in [0.05, 0.1) is 12.5 Å². The Morgan fingerprint density at radius 3 is 3.06 bits per heavy atom. The summed E-state index contributed by atoms with van der Waals surface area (Å²) in [4.78, 5) is 8.21. The van der Waals surface area contributed by atoms with Crippen molar-refractivity contribution in [1.82, 2.24) is 15.1 Å². The van der Waals surface area contributed by atoms with Gasteiger partial charge in [-0.3, -0.25) is 4.98 Å². The summed E-state index contributed by atoms with van der Waals surface area (Å²) in [5.41, 5.74) is 0.812. The van der Waals surface area contributed by atoms with E-state index in [9.17, 15) is 5.11 Å². The normalized spacial score (nSPS) is 12.6. The quantitative estimate of drug-likeness (QED) is 0.853. The van der Waals surface area contributed by atoms with E-state index < -0.39 is 6.10 Å². The van der Waals surface area contributed by atoms with Crippen molar-refractivity contribution in [2.24, 2.45) is 0 Å². The lowest BCUT2D eigenvalue weighted by Gasteiger charge is -2.03. The van der Waals surface area contributed by atoms with Gasteiger partial charge in [0.15, 0.2) is 0 Å².